The third kappa shape index (κ3) is 13.6. The summed E-state index contributed by atoms with van der Waals surface area (Å²) in [6.45, 7) is 7.27. The quantitative estimate of drug-likeness (QED) is 0.0503. The molecule has 0 aliphatic carbocycles. The molecule has 312 valence electrons. The molecular formula is C47H46O13. The van der Waals surface area contributed by atoms with Crippen LogP contribution in [0.1, 0.15) is 85.2 Å². The van der Waals surface area contributed by atoms with Crippen LogP contribution in [0, 0.1) is 27.7 Å². The number of aliphatic hydroxyl groups is 1. The maximum atomic E-state index is 13.2. The smallest absolute Gasteiger partial charge is 0.338 e. The molecule has 0 amide bonds. The normalized spacial score (nSPS) is 10.6. The number of ether oxygens (including phenoxy) is 7. The van der Waals surface area contributed by atoms with E-state index >= 15 is 0 Å². The van der Waals surface area contributed by atoms with Gasteiger partial charge in [-0.25, -0.2) is 24.0 Å². The van der Waals surface area contributed by atoms with E-state index in [4.69, 9.17) is 38.3 Å². The van der Waals surface area contributed by atoms with Crippen molar-refractivity contribution in [2.75, 3.05) is 39.6 Å². The van der Waals surface area contributed by atoms with Crippen LogP contribution in [-0.2, 0) is 36.9 Å². The lowest BCUT2D eigenvalue weighted by molar-refractivity contribution is 0.0262. The third-order valence-electron chi connectivity index (χ3n) is 8.63. The molecule has 0 saturated carbocycles. The van der Waals surface area contributed by atoms with Crippen molar-refractivity contribution in [2.24, 2.45) is 0 Å². The average Bonchev–Trinajstić information content (AvgIpc) is 3.23. The molecule has 0 spiro atoms. The van der Waals surface area contributed by atoms with Crippen LogP contribution in [0.3, 0.4) is 0 Å². The van der Waals surface area contributed by atoms with Crippen LogP contribution >= 0.6 is 0 Å². The average molecular weight is 819 g/mol. The Bertz CT molecular complexity index is 2180. The van der Waals surface area contributed by atoms with E-state index in [9.17, 15) is 24.0 Å². The Balaban J connectivity index is 1.07. The molecule has 5 rings (SSSR count). The molecule has 60 heavy (non-hydrogen) atoms. The predicted molar refractivity (Wildman–Crippen MR) is 218 cm³/mol. The molecule has 0 bridgehead atoms. The molecule has 1 N–H and O–H groups in total. The van der Waals surface area contributed by atoms with Crippen LogP contribution in [0.25, 0.3) is 0 Å². The van der Waals surface area contributed by atoms with E-state index in [2.05, 4.69) is 12.1 Å². The van der Waals surface area contributed by atoms with Gasteiger partial charge >= 0.3 is 29.8 Å². The second kappa shape index (κ2) is 21.7. The Labute approximate surface area is 347 Å². The molecule has 13 heteroatoms. The van der Waals surface area contributed by atoms with Gasteiger partial charge in [0.05, 0.1) is 34.4 Å². The molecule has 5 aromatic rings. The maximum absolute atomic E-state index is 13.2. The van der Waals surface area contributed by atoms with Crippen molar-refractivity contribution < 1.29 is 62.2 Å². The molecule has 0 aliphatic heterocycles. The van der Waals surface area contributed by atoms with Crippen molar-refractivity contribution in [2.45, 2.75) is 40.9 Å². The summed E-state index contributed by atoms with van der Waals surface area (Å²) in [6.07, 6.45) is 0. The molecule has 5 aromatic carbocycles. The zero-order valence-corrected chi connectivity index (χ0v) is 33.8. The summed E-state index contributed by atoms with van der Waals surface area (Å²) in [5.74, 6) is -2.56. The molecule has 0 heterocycles. The number of hydrogen-bond acceptors (Lipinski definition) is 13. The second-order valence-electron chi connectivity index (χ2n) is 13.8. The summed E-state index contributed by atoms with van der Waals surface area (Å²) in [5, 5.41) is 8.76. The number of benzene rings is 5. The number of rotatable bonds is 19. The van der Waals surface area contributed by atoms with Gasteiger partial charge in [0.25, 0.3) is 0 Å². The number of esters is 5. The summed E-state index contributed by atoms with van der Waals surface area (Å²) in [4.78, 5) is 62.5. The molecule has 0 aliphatic rings. The Morgan fingerprint density at radius 2 is 0.667 bits per heavy atom. The fourth-order valence-electron chi connectivity index (χ4n) is 6.07. The van der Waals surface area contributed by atoms with E-state index in [0.717, 1.165) is 33.4 Å². The Kier molecular flexibility index (Phi) is 15.9. The topological polar surface area (TPSA) is 170 Å². The van der Waals surface area contributed by atoms with Gasteiger partial charge in [-0.2, -0.15) is 0 Å². The van der Waals surface area contributed by atoms with Gasteiger partial charge < -0.3 is 38.3 Å². The predicted octanol–water partition coefficient (Wildman–Crippen LogP) is 7.25. The first-order chi connectivity index (χ1) is 28.9. The van der Waals surface area contributed by atoms with Crippen molar-refractivity contribution in [3.8, 4) is 11.5 Å². The van der Waals surface area contributed by atoms with Crippen molar-refractivity contribution >= 4 is 29.8 Å². The number of aliphatic hydroxyl groups excluding tert-OH is 1. The zero-order chi connectivity index (χ0) is 43.0. The summed E-state index contributed by atoms with van der Waals surface area (Å²) in [5.41, 5.74) is 7.28. The van der Waals surface area contributed by atoms with Gasteiger partial charge in [-0.15, -0.1) is 0 Å². The molecule has 0 fully saturated rings. The van der Waals surface area contributed by atoms with Crippen molar-refractivity contribution in [3.63, 3.8) is 0 Å². The van der Waals surface area contributed by atoms with E-state index < -0.39 is 29.8 Å². The standard InChI is InChI=1S/C47H46O13/c1-30-19-31(2)22-34(21-30)28-59-41-25-40(26-42(27-41)60-29-35-23-32(3)20-33(4)24-35)47(53)58-18-17-57-46(52)39-11-9-38(10-12-39)45(51)56-16-15-55-44(50)37-7-5-36(6-8-37)43(49)54-14-13-48/h5-12,19-27,48H,13-18,28-29H2,1-4H3. The van der Waals surface area contributed by atoms with Gasteiger partial charge in [-0.3, -0.25) is 0 Å². The SMILES string of the molecule is Cc1cc(C)cc(COc2cc(OCc3cc(C)cc(C)c3)cc(C(=O)OCCOC(=O)c3ccc(C(=O)OCCOC(=O)c4ccc(C(=O)OCCO)cc4)cc3)c2)c1. The highest BCUT2D eigenvalue weighted by Gasteiger charge is 2.16. The van der Waals surface area contributed by atoms with Crippen LogP contribution in [0.2, 0.25) is 0 Å². The van der Waals surface area contributed by atoms with Gasteiger partial charge in [0.1, 0.15) is 57.7 Å². The Morgan fingerprint density at radius 1 is 0.383 bits per heavy atom. The summed E-state index contributed by atoms with van der Waals surface area (Å²) >= 11 is 0. The Morgan fingerprint density at radius 3 is 0.967 bits per heavy atom. The first-order valence-electron chi connectivity index (χ1n) is 19.1. The third-order valence-corrected chi connectivity index (χ3v) is 8.63. The van der Waals surface area contributed by atoms with Crippen molar-refractivity contribution in [1.82, 2.24) is 0 Å². The van der Waals surface area contributed by atoms with Crippen LogP contribution in [-0.4, -0.2) is 74.6 Å². The highest BCUT2D eigenvalue weighted by atomic mass is 16.6. The second-order valence-corrected chi connectivity index (χ2v) is 13.8. The van der Waals surface area contributed by atoms with Gasteiger partial charge in [0.2, 0.25) is 0 Å². The lowest BCUT2D eigenvalue weighted by Crippen LogP contribution is -2.15. The number of hydrogen-bond donors (Lipinski definition) is 1. The van der Waals surface area contributed by atoms with E-state index in [-0.39, 0.29) is 80.7 Å². The van der Waals surface area contributed by atoms with Gasteiger partial charge in [0, 0.05) is 6.07 Å². The van der Waals surface area contributed by atoms with Crippen LogP contribution in [0.4, 0.5) is 0 Å². The van der Waals surface area contributed by atoms with Crippen LogP contribution in [0.15, 0.2) is 103 Å². The molecule has 0 atom stereocenters. The van der Waals surface area contributed by atoms with E-state index in [1.54, 1.807) is 18.2 Å². The number of carbonyl (C=O) groups is 5. The van der Waals surface area contributed by atoms with Gasteiger partial charge in [-0.1, -0.05) is 58.7 Å². The highest BCUT2D eigenvalue weighted by molar-refractivity contribution is 5.94. The van der Waals surface area contributed by atoms with Crippen molar-refractivity contribution in [1.29, 1.82) is 0 Å². The summed E-state index contributed by atoms with van der Waals surface area (Å²) in [7, 11) is 0. The molecule has 0 unspecified atom stereocenters. The largest absolute Gasteiger partial charge is 0.489 e. The fraction of sp³-hybridized carbons (Fsp3) is 0.255. The Hall–Kier alpha value is -6.99. The minimum atomic E-state index is -0.706. The maximum Gasteiger partial charge on any atom is 0.338 e. The number of aryl methyl sites for hydroxylation is 4. The van der Waals surface area contributed by atoms with E-state index in [1.165, 1.54) is 48.5 Å². The highest BCUT2D eigenvalue weighted by Crippen LogP contribution is 2.26. The minimum absolute atomic E-state index is 0.142. The van der Waals surface area contributed by atoms with E-state index in [0.29, 0.717) is 11.5 Å². The molecule has 0 saturated heterocycles. The molecule has 0 radical (unpaired) electrons. The number of carbonyl (C=O) groups excluding carboxylic acids is 5. The van der Waals surface area contributed by atoms with Gasteiger partial charge in [0.15, 0.2) is 0 Å². The zero-order valence-electron chi connectivity index (χ0n) is 33.8. The first-order valence-corrected chi connectivity index (χ1v) is 19.1. The fourth-order valence-corrected chi connectivity index (χ4v) is 6.07. The lowest BCUT2D eigenvalue weighted by Gasteiger charge is -2.14. The summed E-state index contributed by atoms with van der Waals surface area (Å²) in [6, 6.07) is 28.2. The molecule has 13 nitrogen and oxygen atoms in total. The van der Waals surface area contributed by atoms with Crippen molar-refractivity contribution in [3.05, 3.63) is 164 Å². The molecule has 0 aromatic heterocycles. The minimum Gasteiger partial charge on any atom is -0.489 e. The van der Waals surface area contributed by atoms with E-state index in [1.807, 2.05) is 52.0 Å². The summed E-state index contributed by atoms with van der Waals surface area (Å²) < 4.78 is 38.0. The first kappa shape index (κ1) is 44.1. The monoisotopic (exact) mass is 818 g/mol. The van der Waals surface area contributed by atoms with Gasteiger partial charge in [-0.05, 0) is 99.5 Å². The lowest BCUT2D eigenvalue weighted by atomic mass is 10.1. The van der Waals surface area contributed by atoms with Crippen LogP contribution < -0.4 is 9.47 Å². The van der Waals surface area contributed by atoms with Crippen LogP contribution in [0.5, 0.6) is 11.5 Å². The molecular weight excluding hydrogens is 773 g/mol.